The molecule has 0 spiro atoms. The Hall–Kier alpha value is -1.11. The van der Waals surface area contributed by atoms with Crippen LogP contribution in [0, 0.1) is 17.7 Å². The second-order valence-corrected chi connectivity index (χ2v) is 3.01. The molecule has 0 amide bonds. The average Bonchev–Trinajstić information content (AvgIpc) is 2.18. The number of hydrogen-bond acceptors (Lipinski definition) is 2. The van der Waals surface area contributed by atoms with Gasteiger partial charge >= 0.3 is 0 Å². The van der Waals surface area contributed by atoms with Gasteiger partial charge < -0.3 is 5.32 Å². The predicted octanol–water partition coefficient (Wildman–Crippen LogP) is 1.84. The van der Waals surface area contributed by atoms with Gasteiger partial charge in [0.2, 0.25) is 0 Å². The maximum Gasteiger partial charge on any atom is 0.164 e. The van der Waals surface area contributed by atoms with Crippen LogP contribution in [-0.2, 0) is 0 Å². The highest BCUT2D eigenvalue weighted by Gasteiger charge is 1.99. The summed E-state index contributed by atoms with van der Waals surface area (Å²) in [6.45, 7) is 0.816. The predicted molar refractivity (Wildman–Crippen MR) is 54.6 cm³/mol. The molecule has 0 saturated carbocycles. The summed E-state index contributed by atoms with van der Waals surface area (Å²) in [5.74, 6) is 5.15. The van der Waals surface area contributed by atoms with E-state index < -0.39 is 5.82 Å². The maximum atomic E-state index is 12.9. The van der Waals surface area contributed by atoms with Gasteiger partial charge in [0.25, 0.3) is 0 Å². The Balaban J connectivity index is 2.66. The second kappa shape index (κ2) is 5.58. The van der Waals surface area contributed by atoms with Crippen LogP contribution in [0.2, 0.25) is 5.15 Å². The molecule has 0 aliphatic carbocycles. The lowest BCUT2D eigenvalue weighted by Crippen LogP contribution is -2.05. The summed E-state index contributed by atoms with van der Waals surface area (Å²) in [6.07, 6.45) is 2.18. The molecule has 1 rings (SSSR count). The molecule has 0 unspecified atom stereocenters. The number of aromatic nitrogens is 1. The minimum atomic E-state index is -0.535. The number of nitrogens with one attached hydrogen (secondary N) is 1. The molecule has 0 fully saturated rings. The third-order valence-electron chi connectivity index (χ3n) is 1.53. The molecular formula is C10H10ClFN2. The summed E-state index contributed by atoms with van der Waals surface area (Å²) in [7, 11) is 1.85. The maximum absolute atomic E-state index is 12.9. The molecule has 4 heteroatoms. The van der Waals surface area contributed by atoms with Gasteiger partial charge in [0.1, 0.15) is 0 Å². The van der Waals surface area contributed by atoms with E-state index in [1.165, 1.54) is 12.3 Å². The molecule has 0 radical (unpaired) electrons. The van der Waals surface area contributed by atoms with E-state index in [4.69, 9.17) is 11.6 Å². The van der Waals surface area contributed by atoms with Crippen molar-refractivity contribution in [3.05, 3.63) is 28.8 Å². The zero-order valence-electron chi connectivity index (χ0n) is 7.77. The zero-order valence-corrected chi connectivity index (χ0v) is 8.53. The van der Waals surface area contributed by atoms with Crippen molar-refractivity contribution in [2.75, 3.05) is 13.6 Å². The highest BCUT2D eigenvalue weighted by molar-refractivity contribution is 6.29. The molecule has 0 atom stereocenters. The van der Waals surface area contributed by atoms with Gasteiger partial charge in [0.05, 0.1) is 0 Å². The molecule has 0 aliphatic heterocycles. The highest BCUT2D eigenvalue weighted by atomic mass is 35.5. The van der Waals surface area contributed by atoms with Crippen LogP contribution in [0.4, 0.5) is 4.39 Å². The molecule has 1 heterocycles. The van der Waals surface area contributed by atoms with Crippen LogP contribution in [0.5, 0.6) is 0 Å². The Kier molecular flexibility index (Phi) is 4.37. The lowest BCUT2D eigenvalue weighted by atomic mass is 10.3. The third kappa shape index (κ3) is 3.33. The monoisotopic (exact) mass is 212 g/mol. The smallest absolute Gasteiger partial charge is 0.164 e. The molecule has 1 aromatic rings. The molecule has 2 nitrogen and oxygen atoms in total. The first-order chi connectivity index (χ1) is 6.74. The van der Waals surface area contributed by atoms with Gasteiger partial charge in [0, 0.05) is 24.7 Å². The van der Waals surface area contributed by atoms with Crippen molar-refractivity contribution in [1.29, 1.82) is 0 Å². The first-order valence-electron chi connectivity index (χ1n) is 4.18. The van der Waals surface area contributed by atoms with Crippen LogP contribution in [0.15, 0.2) is 12.3 Å². The highest BCUT2D eigenvalue weighted by Crippen LogP contribution is 2.10. The Morgan fingerprint density at radius 3 is 3.07 bits per heavy atom. The number of rotatable bonds is 2. The summed E-state index contributed by atoms with van der Waals surface area (Å²) in [5.41, 5.74) is 0.544. The fourth-order valence-corrected chi connectivity index (χ4v) is 0.945. The van der Waals surface area contributed by atoms with Gasteiger partial charge in [-0.25, -0.2) is 9.37 Å². The number of nitrogens with zero attached hydrogens (tertiary/aromatic N) is 1. The fourth-order valence-electron chi connectivity index (χ4n) is 0.842. The first-order valence-corrected chi connectivity index (χ1v) is 4.56. The Bertz CT molecular complexity index is 368. The van der Waals surface area contributed by atoms with E-state index in [1.54, 1.807) is 0 Å². The van der Waals surface area contributed by atoms with Crippen LogP contribution in [-0.4, -0.2) is 18.6 Å². The minimum absolute atomic E-state index is 0.120. The molecule has 1 N–H and O–H groups in total. The van der Waals surface area contributed by atoms with Crippen LogP contribution in [0.3, 0.4) is 0 Å². The van der Waals surface area contributed by atoms with Gasteiger partial charge in [-0.1, -0.05) is 23.4 Å². The topological polar surface area (TPSA) is 24.9 Å². The molecular weight excluding hydrogens is 203 g/mol. The quantitative estimate of drug-likeness (QED) is 0.460. The summed E-state index contributed by atoms with van der Waals surface area (Å²) in [6, 6.07) is 1.28. The SMILES string of the molecule is CNCCC#Cc1cnc(Cl)c(F)c1. The van der Waals surface area contributed by atoms with Crippen molar-refractivity contribution in [3.63, 3.8) is 0 Å². The third-order valence-corrected chi connectivity index (χ3v) is 1.81. The molecule has 14 heavy (non-hydrogen) atoms. The van der Waals surface area contributed by atoms with Crippen LogP contribution in [0.25, 0.3) is 0 Å². The standard InChI is InChI=1S/C10H10ClFN2/c1-13-5-3-2-4-8-6-9(12)10(11)14-7-8/h6-7,13H,3,5H2,1H3. The van der Waals surface area contributed by atoms with Gasteiger partial charge in [-0.3, -0.25) is 0 Å². The van der Waals surface area contributed by atoms with E-state index in [-0.39, 0.29) is 5.15 Å². The van der Waals surface area contributed by atoms with Crippen molar-refractivity contribution >= 4 is 11.6 Å². The lowest BCUT2D eigenvalue weighted by molar-refractivity contribution is 0.621. The minimum Gasteiger partial charge on any atom is -0.319 e. The van der Waals surface area contributed by atoms with Crippen LogP contribution in [0.1, 0.15) is 12.0 Å². The zero-order chi connectivity index (χ0) is 10.4. The normalized spacial score (nSPS) is 9.36. The van der Waals surface area contributed by atoms with Gasteiger partial charge in [-0.2, -0.15) is 0 Å². The van der Waals surface area contributed by atoms with Gasteiger partial charge in [-0.05, 0) is 13.1 Å². The molecule has 1 aromatic heterocycles. The summed E-state index contributed by atoms with van der Waals surface area (Å²) in [4.78, 5) is 3.65. The van der Waals surface area contributed by atoms with E-state index >= 15 is 0 Å². The van der Waals surface area contributed by atoms with Crippen molar-refractivity contribution in [1.82, 2.24) is 10.3 Å². The summed E-state index contributed by atoms with van der Waals surface area (Å²) >= 11 is 5.42. The van der Waals surface area contributed by atoms with Crippen molar-refractivity contribution in [3.8, 4) is 11.8 Å². The first kappa shape index (κ1) is 11.0. The van der Waals surface area contributed by atoms with E-state index in [9.17, 15) is 4.39 Å². The van der Waals surface area contributed by atoms with Crippen LogP contribution >= 0.6 is 11.6 Å². The van der Waals surface area contributed by atoms with E-state index in [1.807, 2.05) is 7.05 Å². The van der Waals surface area contributed by atoms with E-state index in [2.05, 4.69) is 22.1 Å². The van der Waals surface area contributed by atoms with Gasteiger partial charge in [-0.15, -0.1) is 0 Å². The fraction of sp³-hybridized carbons (Fsp3) is 0.300. The van der Waals surface area contributed by atoms with Crippen molar-refractivity contribution < 1.29 is 4.39 Å². The summed E-state index contributed by atoms with van der Waals surface area (Å²) < 4.78 is 12.9. The average molecular weight is 213 g/mol. The van der Waals surface area contributed by atoms with E-state index in [0.29, 0.717) is 5.56 Å². The largest absolute Gasteiger partial charge is 0.319 e. The van der Waals surface area contributed by atoms with E-state index in [0.717, 1.165) is 13.0 Å². The number of hydrogen-bond donors (Lipinski definition) is 1. The Labute approximate surface area is 87.5 Å². The van der Waals surface area contributed by atoms with Gasteiger partial charge in [0.15, 0.2) is 11.0 Å². The number of halogens is 2. The second-order valence-electron chi connectivity index (χ2n) is 2.65. The molecule has 0 saturated heterocycles. The number of pyridine rings is 1. The van der Waals surface area contributed by atoms with Crippen molar-refractivity contribution in [2.45, 2.75) is 6.42 Å². The molecule has 74 valence electrons. The lowest BCUT2D eigenvalue weighted by Gasteiger charge is -1.93. The molecule has 0 aromatic carbocycles. The Morgan fingerprint density at radius 1 is 1.64 bits per heavy atom. The van der Waals surface area contributed by atoms with Crippen LogP contribution < -0.4 is 5.32 Å². The molecule has 0 bridgehead atoms. The summed E-state index contributed by atoms with van der Waals surface area (Å²) in [5, 5.41) is 2.84. The Morgan fingerprint density at radius 2 is 2.43 bits per heavy atom. The van der Waals surface area contributed by atoms with Crippen molar-refractivity contribution in [2.24, 2.45) is 0 Å². The molecule has 0 aliphatic rings.